The number of carbonyl (C=O) groups is 4. The number of carbonyl (C=O) groups excluding carboxylic acids is 3. The van der Waals surface area contributed by atoms with Crippen molar-refractivity contribution in [1.82, 2.24) is 0 Å². The van der Waals surface area contributed by atoms with Gasteiger partial charge in [0.1, 0.15) is 0 Å². The number of hydrogen-bond acceptors (Lipinski definition) is 7. The summed E-state index contributed by atoms with van der Waals surface area (Å²) in [5.41, 5.74) is 9.73. The fourth-order valence-electron chi connectivity index (χ4n) is 0.416. The maximum absolute atomic E-state index is 10.1. The van der Waals surface area contributed by atoms with Crippen molar-refractivity contribution in [3.63, 3.8) is 0 Å². The Labute approximate surface area is 160 Å². The maximum atomic E-state index is 10.1. The molecule has 0 aromatic heterocycles. The zero-order chi connectivity index (χ0) is 15.3. The third kappa shape index (κ3) is 64.7. The minimum atomic E-state index is -1.36. The molecule has 0 rings (SSSR count). The van der Waals surface area contributed by atoms with Gasteiger partial charge < -0.3 is 36.4 Å². The minimum absolute atomic E-state index is 0. The van der Waals surface area contributed by atoms with Gasteiger partial charge in [0.2, 0.25) is 5.91 Å². The van der Waals surface area contributed by atoms with Gasteiger partial charge in [-0.1, -0.05) is 0 Å². The first-order chi connectivity index (χ1) is 8.00. The first-order valence-electron chi connectivity index (χ1n) is 4.62. The predicted molar refractivity (Wildman–Crippen MR) is 55.4 cm³/mol. The largest absolute Gasteiger partial charge is 1.00 e. The van der Waals surface area contributed by atoms with Crippen LogP contribution >= 0.6 is 0 Å². The second-order valence-electron chi connectivity index (χ2n) is 2.94. The summed E-state index contributed by atoms with van der Waals surface area (Å²) in [6.07, 6.45) is 0.0206. The molecule has 106 valence electrons. The van der Waals surface area contributed by atoms with Gasteiger partial charge in [-0.25, -0.2) is 0 Å². The molecule has 20 heavy (non-hydrogen) atoms. The number of carboxylic acid groups (broad SMARTS) is 3. The summed E-state index contributed by atoms with van der Waals surface area (Å²) < 4.78 is 0. The molecule has 0 bridgehead atoms. The second kappa shape index (κ2) is 21.1. The smallest absolute Gasteiger partial charge is 0.550 e. The molecule has 0 fully saturated rings. The molecular formula is C9H16N2Na2O7. The van der Waals surface area contributed by atoms with E-state index in [-0.39, 0.29) is 72.0 Å². The summed E-state index contributed by atoms with van der Waals surface area (Å²) in [5.74, 6) is -3.84. The van der Waals surface area contributed by atoms with Crippen molar-refractivity contribution in [2.24, 2.45) is 11.5 Å². The van der Waals surface area contributed by atoms with Crippen molar-refractivity contribution in [1.29, 1.82) is 0 Å². The fourth-order valence-corrected chi connectivity index (χ4v) is 0.416. The van der Waals surface area contributed by atoms with E-state index in [1.807, 2.05) is 0 Å². The van der Waals surface area contributed by atoms with Crippen LogP contribution in [0.4, 0.5) is 0 Å². The fraction of sp³-hybridized carbons (Fsp3) is 0.556. The maximum Gasteiger partial charge on any atom is 1.00 e. The third-order valence-electron chi connectivity index (χ3n) is 1.00. The average Bonchev–Trinajstić information content (AvgIpc) is 2.11. The first kappa shape index (κ1) is 32.0. The Morgan fingerprint density at radius 1 is 1.10 bits per heavy atom. The summed E-state index contributed by atoms with van der Waals surface area (Å²) in [5, 5.41) is 26.2. The van der Waals surface area contributed by atoms with Crippen LogP contribution in [0.25, 0.3) is 0 Å². The Hall–Kier alpha value is -0.160. The Kier molecular flexibility index (Phi) is 33.8. The number of primary amides is 1. The molecule has 0 aliphatic rings. The molecule has 0 saturated heterocycles. The van der Waals surface area contributed by atoms with Gasteiger partial charge in [0.25, 0.3) is 5.97 Å². The first-order valence-corrected chi connectivity index (χ1v) is 4.62. The molecule has 1 atom stereocenters. The molecule has 11 heteroatoms. The summed E-state index contributed by atoms with van der Waals surface area (Å²) in [4.78, 5) is 37.9. The topological polar surface area (TPSA) is 187 Å². The Bertz CT molecular complexity index is 280. The molecule has 0 radical (unpaired) electrons. The van der Waals surface area contributed by atoms with E-state index in [0.717, 1.165) is 13.8 Å². The summed E-state index contributed by atoms with van der Waals surface area (Å²) in [7, 11) is 0. The quantitative estimate of drug-likeness (QED) is 0.427. The standard InChI is InChI=1S/C5H10N2O3.2C2H4O2.2Na/c6-3(5(9)10)1-2-4(7)8;2*1-2(3)4;;/h3H,1-2,6H2,(H2,7,8)(H,9,10);2*1H3,(H,3,4);;/q;;;2*+1/p-2/t3-;;;;/m0..../s1. The molecule has 9 nitrogen and oxygen atoms in total. The number of amides is 1. The number of aliphatic carboxylic acids is 3. The molecule has 0 saturated carbocycles. The summed E-state index contributed by atoms with van der Waals surface area (Å²) in [6.45, 7) is 2.06. The van der Waals surface area contributed by atoms with Crippen LogP contribution in [0, 0.1) is 0 Å². The van der Waals surface area contributed by atoms with Crippen LogP contribution in [0.15, 0.2) is 0 Å². The van der Waals surface area contributed by atoms with E-state index in [4.69, 9.17) is 31.3 Å². The summed E-state index contributed by atoms with van der Waals surface area (Å²) >= 11 is 0. The van der Waals surface area contributed by atoms with Crippen LogP contribution in [0.1, 0.15) is 26.7 Å². The summed E-state index contributed by atoms with van der Waals surface area (Å²) in [6, 6.07) is -1.09. The molecule has 0 aromatic rings. The van der Waals surface area contributed by atoms with Gasteiger partial charge in [-0.15, -0.1) is 0 Å². The number of carboxylic acids is 3. The Morgan fingerprint density at radius 2 is 1.35 bits per heavy atom. The molecule has 0 unspecified atom stereocenters. The van der Waals surface area contributed by atoms with Crippen molar-refractivity contribution in [2.75, 3.05) is 0 Å². The Balaban J connectivity index is -0.0000000637. The van der Waals surface area contributed by atoms with Gasteiger partial charge in [0.05, 0.1) is 5.97 Å². The average molecular weight is 310 g/mol. The van der Waals surface area contributed by atoms with Crippen LogP contribution in [0.2, 0.25) is 0 Å². The van der Waals surface area contributed by atoms with Gasteiger partial charge >= 0.3 is 59.1 Å². The van der Waals surface area contributed by atoms with Gasteiger partial charge in [0.15, 0.2) is 0 Å². The molecule has 0 aromatic carbocycles. The third-order valence-corrected chi connectivity index (χ3v) is 1.00. The van der Waals surface area contributed by atoms with E-state index in [9.17, 15) is 14.7 Å². The van der Waals surface area contributed by atoms with Crippen LogP contribution < -0.4 is 80.8 Å². The van der Waals surface area contributed by atoms with E-state index in [1.54, 1.807) is 0 Å². The SMILES string of the molecule is CC(=O)O.CC(=O)[O-].NC(=O)CC[C@H](N)C(=O)[O-].[Na+].[Na+]. The molecule has 0 aliphatic carbocycles. The van der Waals surface area contributed by atoms with E-state index in [2.05, 4.69) is 0 Å². The number of hydrogen-bond donors (Lipinski definition) is 3. The molecule has 0 heterocycles. The van der Waals surface area contributed by atoms with Crippen LogP contribution in [-0.4, -0.2) is 35.0 Å². The van der Waals surface area contributed by atoms with Gasteiger partial charge in [-0.2, -0.15) is 0 Å². The van der Waals surface area contributed by atoms with Crippen molar-refractivity contribution in [2.45, 2.75) is 32.7 Å². The van der Waals surface area contributed by atoms with E-state index in [1.165, 1.54) is 0 Å². The molecule has 0 spiro atoms. The molecule has 1 amide bonds. The van der Waals surface area contributed by atoms with Gasteiger partial charge in [-0.05, 0) is 13.3 Å². The Morgan fingerprint density at radius 3 is 1.50 bits per heavy atom. The van der Waals surface area contributed by atoms with Crippen LogP contribution in [0.5, 0.6) is 0 Å². The predicted octanol–water partition coefficient (Wildman–Crippen LogP) is -9.82. The molecule has 0 aliphatic heterocycles. The minimum Gasteiger partial charge on any atom is -0.550 e. The van der Waals surface area contributed by atoms with E-state index in [0.29, 0.717) is 0 Å². The second-order valence-corrected chi connectivity index (χ2v) is 2.94. The van der Waals surface area contributed by atoms with E-state index >= 15 is 0 Å². The zero-order valence-corrected chi connectivity index (χ0v) is 16.0. The zero-order valence-electron chi connectivity index (χ0n) is 12.0. The molecular weight excluding hydrogens is 294 g/mol. The monoisotopic (exact) mass is 310 g/mol. The van der Waals surface area contributed by atoms with Crippen molar-refractivity contribution in [3.8, 4) is 0 Å². The van der Waals surface area contributed by atoms with Gasteiger partial charge in [-0.3, -0.25) is 9.59 Å². The number of nitrogens with two attached hydrogens (primary N) is 2. The van der Waals surface area contributed by atoms with E-state index < -0.39 is 29.9 Å². The van der Waals surface area contributed by atoms with Crippen LogP contribution in [-0.2, 0) is 19.2 Å². The van der Waals surface area contributed by atoms with Gasteiger partial charge in [0, 0.05) is 25.4 Å². The van der Waals surface area contributed by atoms with Crippen molar-refractivity contribution >= 4 is 23.8 Å². The van der Waals surface area contributed by atoms with Crippen LogP contribution in [0.3, 0.4) is 0 Å². The number of rotatable bonds is 4. The normalized spacial score (nSPS) is 8.75. The van der Waals surface area contributed by atoms with Crippen molar-refractivity contribution < 1.29 is 93.6 Å². The molecule has 5 N–H and O–H groups in total. The van der Waals surface area contributed by atoms with Crippen molar-refractivity contribution in [3.05, 3.63) is 0 Å².